The maximum absolute atomic E-state index is 11.4. The van der Waals surface area contributed by atoms with Crippen molar-refractivity contribution in [2.75, 3.05) is 0 Å². The lowest BCUT2D eigenvalue weighted by Crippen LogP contribution is -1.94. The predicted octanol–water partition coefficient (Wildman–Crippen LogP) is 3.49. The molecule has 5 heteroatoms. The third-order valence-electron chi connectivity index (χ3n) is 2.48. The highest BCUT2D eigenvalue weighted by Crippen LogP contribution is 2.28. The monoisotopic (exact) mass is 270 g/mol. The van der Waals surface area contributed by atoms with Gasteiger partial charge in [0.2, 0.25) is 0 Å². The van der Waals surface area contributed by atoms with Gasteiger partial charge in [-0.1, -0.05) is 12.1 Å². The minimum absolute atomic E-state index is 0.116. The maximum atomic E-state index is 11.4. The van der Waals surface area contributed by atoms with E-state index in [9.17, 15) is 8.42 Å². The Bertz CT molecular complexity index is 656. The standard InChI is InChI=1S/C12H11ClO3S/c1-8-3-5-10(7-12(8)17(13,14)15)11-6-4-9(2)16-11/h3-7H,1-2H3. The van der Waals surface area contributed by atoms with Crippen LogP contribution in [0, 0.1) is 13.8 Å². The first kappa shape index (κ1) is 12.2. The predicted molar refractivity (Wildman–Crippen MR) is 66.7 cm³/mol. The fourth-order valence-electron chi connectivity index (χ4n) is 1.61. The van der Waals surface area contributed by atoms with Crippen molar-refractivity contribution in [2.24, 2.45) is 0 Å². The quantitative estimate of drug-likeness (QED) is 0.785. The summed E-state index contributed by atoms with van der Waals surface area (Å²) < 4.78 is 28.2. The number of rotatable bonds is 2. The minimum atomic E-state index is -3.73. The first-order valence-corrected chi connectivity index (χ1v) is 7.31. The van der Waals surface area contributed by atoms with E-state index in [-0.39, 0.29) is 4.90 Å². The van der Waals surface area contributed by atoms with Crippen LogP contribution in [0.25, 0.3) is 11.3 Å². The Morgan fingerprint density at radius 3 is 2.35 bits per heavy atom. The second-order valence-corrected chi connectivity index (χ2v) is 6.36. The van der Waals surface area contributed by atoms with E-state index in [2.05, 4.69) is 0 Å². The van der Waals surface area contributed by atoms with Crippen LogP contribution in [0.15, 0.2) is 39.6 Å². The molecule has 0 unspecified atom stereocenters. The number of aryl methyl sites for hydroxylation is 2. The van der Waals surface area contributed by atoms with Gasteiger partial charge in [-0.25, -0.2) is 8.42 Å². The van der Waals surface area contributed by atoms with E-state index >= 15 is 0 Å². The molecule has 0 saturated heterocycles. The summed E-state index contributed by atoms with van der Waals surface area (Å²) in [5, 5.41) is 0. The third kappa shape index (κ3) is 2.53. The molecule has 0 aliphatic rings. The first-order valence-electron chi connectivity index (χ1n) is 5.00. The molecule has 0 radical (unpaired) electrons. The van der Waals surface area contributed by atoms with Gasteiger partial charge in [0, 0.05) is 16.2 Å². The molecule has 0 fully saturated rings. The van der Waals surface area contributed by atoms with E-state index in [1.54, 1.807) is 25.1 Å². The van der Waals surface area contributed by atoms with E-state index in [1.165, 1.54) is 6.07 Å². The van der Waals surface area contributed by atoms with E-state index in [4.69, 9.17) is 15.1 Å². The normalized spacial score (nSPS) is 11.7. The van der Waals surface area contributed by atoms with Crippen LogP contribution in [0.3, 0.4) is 0 Å². The van der Waals surface area contributed by atoms with Crippen LogP contribution in [0.5, 0.6) is 0 Å². The van der Waals surface area contributed by atoms with Crippen molar-refractivity contribution in [3.8, 4) is 11.3 Å². The number of hydrogen-bond donors (Lipinski definition) is 0. The van der Waals surface area contributed by atoms with Gasteiger partial charge in [0.05, 0.1) is 4.90 Å². The van der Waals surface area contributed by atoms with E-state index < -0.39 is 9.05 Å². The third-order valence-corrected chi connectivity index (χ3v) is 3.94. The second kappa shape index (κ2) is 4.20. The van der Waals surface area contributed by atoms with Gasteiger partial charge < -0.3 is 4.42 Å². The average Bonchev–Trinajstić information content (AvgIpc) is 2.64. The lowest BCUT2D eigenvalue weighted by atomic mass is 10.1. The van der Waals surface area contributed by atoms with Crippen LogP contribution in [-0.4, -0.2) is 8.42 Å². The van der Waals surface area contributed by atoms with Crippen molar-refractivity contribution in [3.05, 3.63) is 41.7 Å². The van der Waals surface area contributed by atoms with Crippen molar-refractivity contribution >= 4 is 19.7 Å². The highest BCUT2D eigenvalue weighted by molar-refractivity contribution is 8.13. The van der Waals surface area contributed by atoms with Crippen LogP contribution in [0.1, 0.15) is 11.3 Å². The molecule has 0 bridgehead atoms. The lowest BCUT2D eigenvalue weighted by Gasteiger charge is -2.04. The van der Waals surface area contributed by atoms with Gasteiger partial charge in [-0.15, -0.1) is 0 Å². The highest BCUT2D eigenvalue weighted by atomic mass is 35.7. The van der Waals surface area contributed by atoms with Gasteiger partial charge in [0.1, 0.15) is 11.5 Å². The highest BCUT2D eigenvalue weighted by Gasteiger charge is 2.15. The summed E-state index contributed by atoms with van der Waals surface area (Å²) >= 11 is 0. The summed E-state index contributed by atoms with van der Waals surface area (Å²) in [6, 6.07) is 8.66. The van der Waals surface area contributed by atoms with Gasteiger partial charge in [-0.3, -0.25) is 0 Å². The van der Waals surface area contributed by atoms with Crippen LogP contribution in [0.2, 0.25) is 0 Å². The molecule has 1 aromatic heterocycles. The molecule has 0 N–H and O–H groups in total. The zero-order valence-electron chi connectivity index (χ0n) is 9.40. The topological polar surface area (TPSA) is 47.3 Å². The summed E-state index contributed by atoms with van der Waals surface area (Å²) in [6.45, 7) is 3.53. The summed E-state index contributed by atoms with van der Waals surface area (Å²) in [6.07, 6.45) is 0. The maximum Gasteiger partial charge on any atom is 0.261 e. The van der Waals surface area contributed by atoms with Gasteiger partial charge in [-0.2, -0.15) is 0 Å². The smallest absolute Gasteiger partial charge is 0.261 e. The van der Waals surface area contributed by atoms with E-state index in [1.807, 2.05) is 13.0 Å². The average molecular weight is 271 g/mol. The van der Waals surface area contributed by atoms with Crippen LogP contribution >= 0.6 is 10.7 Å². The Hall–Kier alpha value is -1.26. The van der Waals surface area contributed by atoms with Gasteiger partial charge in [-0.05, 0) is 37.6 Å². The van der Waals surface area contributed by atoms with Crippen molar-refractivity contribution < 1.29 is 12.8 Å². The van der Waals surface area contributed by atoms with Gasteiger partial charge in [0.25, 0.3) is 9.05 Å². The molecule has 0 aliphatic heterocycles. The van der Waals surface area contributed by atoms with Gasteiger partial charge in [0.15, 0.2) is 0 Å². The van der Waals surface area contributed by atoms with E-state index in [0.29, 0.717) is 16.9 Å². The molecule has 0 amide bonds. The molecule has 90 valence electrons. The van der Waals surface area contributed by atoms with Crippen LogP contribution in [0.4, 0.5) is 0 Å². The molecule has 1 aromatic carbocycles. The molecular weight excluding hydrogens is 260 g/mol. The lowest BCUT2D eigenvalue weighted by molar-refractivity contribution is 0.548. The Morgan fingerprint density at radius 2 is 1.82 bits per heavy atom. The van der Waals surface area contributed by atoms with Crippen molar-refractivity contribution in [1.29, 1.82) is 0 Å². The SMILES string of the molecule is Cc1ccc(-c2ccc(C)c(S(=O)(=O)Cl)c2)o1. The number of halogens is 1. The fraction of sp³-hybridized carbons (Fsp3) is 0.167. The molecule has 3 nitrogen and oxygen atoms in total. The molecule has 2 rings (SSSR count). The minimum Gasteiger partial charge on any atom is -0.461 e. The van der Waals surface area contributed by atoms with Crippen LogP contribution < -0.4 is 0 Å². The number of benzene rings is 1. The molecule has 2 aromatic rings. The van der Waals surface area contributed by atoms with Crippen molar-refractivity contribution in [2.45, 2.75) is 18.7 Å². The number of hydrogen-bond acceptors (Lipinski definition) is 3. The molecule has 17 heavy (non-hydrogen) atoms. The van der Waals surface area contributed by atoms with Crippen molar-refractivity contribution in [1.82, 2.24) is 0 Å². The summed E-state index contributed by atoms with van der Waals surface area (Å²) in [5.41, 5.74) is 1.31. The van der Waals surface area contributed by atoms with E-state index in [0.717, 1.165) is 5.76 Å². The largest absolute Gasteiger partial charge is 0.461 e. The molecule has 0 aliphatic carbocycles. The van der Waals surface area contributed by atoms with Crippen LogP contribution in [-0.2, 0) is 9.05 Å². The Morgan fingerprint density at radius 1 is 1.12 bits per heavy atom. The molecule has 1 heterocycles. The molecular formula is C12H11ClO3S. The summed E-state index contributed by atoms with van der Waals surface area (Å²) in [5.74, 6) is 1.40. The number of furan rings is 1. The summed E-state index contributed by atoms with van der Waals surface area (Å²) in [4.78, 5) is 0.116. The molecule has 0 saturated carbocycles. The van der Waals surface area contributed by atoms with Crippen molar-refractivity contribution in [3.63, 3.8) is 0 Å². The van der Waals surface area contributed by atoms with Gasteiger partial charge >= 0.3 is 0 Å². The molecule has 0 spiro atoms. The Balaban J connectivity index is 2.59. The summed E-state index contributed by atoms with van der Waals surface area (Å²) in [7, 11) is 1.64. The Kier molecular flexibility index (Phi) is 3.02. The second-order valence-electron chi connectivity index (χ2n) is 3.83. The fourth-order valence-corrected chi connectivity index (χ4v) is 2.82. The first-order chi connectivity index (χ1) is 7.88. The zero-order valence-corrected chi connectivity index (χ0v) is 11.0. The Labute approximate surface area is 104 Å². The molecule has 0 atom stereocenters. The zero-order chi connectivity index (χ0) is 12.6.